The van der Waals surface area contributed by atoms with E-state index in [0.717, 1.165) is 33.6 Å². The van der Waals surface area contributed by atoms with Crippen molar-refractivity contribution in [2.45, 2.75) is 11.8 Å². The molecule has 0 amide bonds. The van der Waals surface area contributed by atoms with Crippen molar-refractivity contribution >= 4 is 17.6 Å². The number of hydrogen-bond acceptors (Lipinski definition) is 4. The number of fused-ring (bicyclic) bond motifs is 2. The van der Waals surface area contributed by atoms with Crippen LogP contribution in [0.4, 0.5) is 0 Å². The Morgan fingerprint density at radius 3 is 2.55 bits per heavy atom. The van der Waals surface area contributed by atoms with Gasteiger partial charge < -0.3 is 14.2 Å². The first kappa shape index (κ1) is 17.6. The molecule has 1 unspecified atom stereocenters. The molecule has 1 aliphatic heterocycles. The number of carbonyl (C=O) groups is 1. The fraction of sp³-hybridized carbons (Fsp3) is 0.160. The summed E-state index contributed by atoms with van der Waals surface area (Å²) in [6, 6.07) is 23.9. The number of esters is 1. The van der Waals surface area contributed by atoms with Crippen LogP contribution in [0.25, 0.3) is 11.6 Å². The Morgan fingerprint density at radius 2 is 1.72 bits per heavy atom. The maximum atomic E-state index is 13.4. The number of rotatable bonds is 4. The second-order valence-corrected chi connectivity index (χ2v) is 7.27. The molecule has 1 atom stereocenters. The number of benzene rings is 3. The summed E-state index contributed by atoms with van der Waals surface area (Å²) in [4.78, 5) is 13.4. The lowest BCUT2D eigenvalue weighted by atomic mass is 9.70. The fourth-order valence-corrected chi connectivity index (χ4v) is 4.40. The zero-order valence-electron chi connectivity index (χ0n) is 16.1. The molecule has 0 saturated heterocycles. The molecule has 2 aliphatic rings. The standard InChI is InChI=1S/C25H20O4/c1-27-24(26)25(15-17-11-12-22-23(13-17)29-16-28-22)20-10-6-5-9-19(20)14-21(25)18-7-3-2-4-8-18/h2-14H,15-16H2,1H3. The molecule has 3 aromatic rings. The second kappa shape index (κ2) is 6.82. The van der Waals surface area contributed by atoms with Gasteiger partial charge in [-0.05, 0) is 52.5 Å². The molecule has 29 heavy (non-hydrogen) atoms. The lowest BCUT2D eigenvalue weighted by Crippen LogP contribution is -2.39. The summed E-state index contributed by atoms with van der Waals surface area (Å²) in [7, 11) is 1.45. The number of hydrogen-bond donors (Lipinski definition) is 0. The predicted molar refractivity (Wildman–Crippen MR) is 111 cm³/mol. The zero-order valence-corrected chi connectivity index (χ0v) is 16.1. The molecule has 0 aromatic heterocycles. The van der Waals surface area contributed by atoms with E-state index >= 15 is 0 Å². The van der Waals surface area contributed by atoms with Gasteiger partial charge in [0.1, 0.15) is 5.41 Å². The third-order valence-electron chi connectivity index (χ3n) is 5.71. The van der Waals surface area contributed by atoms with E-state index in [1.54, 1.807) is 0 Å². The van der Waals surface area contributed by atoms with E-state index < -0.39 is 5.41 Å². The molecule has 0 N–H and O–H groups in total. The average molecular weight is 384 g/mol. The molecule has 1 heterocycles. The molecule has 3 aromatic carbocycles. The fourth-order valence-electron chi connectivity index (χ4n) is 4.40. The van der Waals surface area contributed by atoms with Crippen LogP contribution in [0.3, 0.4) is 0 Å². The van der Waals surface area contributed by atoms with Gasteiger partial charge in [-0.1, -0.05) is 60.7 Å². The summed E-state index contributed by atoms with van der Waals surface area (Å²) in [6.07, 6.45) is 2.57. The van der Waals surface area contributed by atoms with Crippen molar-refractivity contribution in [3.63, 3.8) is 0 Å². The minimum absolute atomic E-state index is 0.221. The summed E-state index contributed by atoms with van der Waals surface area (Å²) >= 11 is 0. The Labute approximate surface area is 169 Å². The van der Waals surface area contributed by atoms with Crippen molar-refractivity contribution in [1.82, 2.24) is 0 Å². The molecule has 0 spiro atoms. The topological polar surface area (TPSA) is 44.8 Å². The van der Waals surface area contributed by atoms with Gasteiger partial charge in [0.25, 0.3) is 0 Å². The van der Waals surface area contributed by atoms with Crippen LogP contribution in [0.15, 0.2) is 72.8 Å². The van der Waals surface area contributed by atoms with Crippen LogP contribution in [-0.2, 0) is 21.4 Å². The number of methoxy groups -OCH3 is 1. The van der Waals surface area contributed by atoms with Gasteiger partial charge in [0.2, 0.25) is 6.79 Å². The Hall–Kier alpha value is -3.53. The van der Waals surface area contributed by atoms with Gasteiger partial charge in [-0.3, -0.25) is 4.79 Å². The van der Waals surface area contributed by atoms with Gasteiger partial charge in [-0.25, -0.2) is 0 Å². The Balaban J connectivity index is 1.70. The van der Waals surface area contributed by atoms with Crippen molar-refractivity contribution in [3.8, 4) is 11.5 Å². The summed E-state index contributed by atoms with van der Waals surface area (Å²) < 4.78 is 16.4. The van der Waals surface area contributed by atoms with Crippen LogP contribution in [0.5, 0.6) is 11.5 Å². The smallest absolute Gasteiger partial charge is 0.321 e. The van der Waals surface area contributed by atoms with Gasteiger partial charge >= 0.3 is 5.97 Å². The summed E-state index contributed by atoms with van der Waals surface area (Å²) in [6.45, 7) is 0.221. The monoisotopic (exact) mass is 384 g/mol. The zero-order chi connectivity index (χ0) is 19.8. The molecule has 0 fully saturated rings. The van der Waals surface area contributed by atoms with Gasteiger partial charge in [0.05, 0.1) is 7.11 Å². The molecule has 0 radical (unpaired) electrons. The van der Waals surface area contributed by atoms with Crippen molar-refractivity contribution in [3.05, 3.63) is 95.1 Å². The second-order valence-electron chi connectivity index (χ2n) is 7.27. The SMILES string of the molecule is COC(=O)C1(Cc2ccc3c(c2)OCO3)C(c2ccccc2)=Cc2ccccc21. The molecule has 1 aliphatic carbocycles. The predicted octanol–water partition coefficient (Wildman–Crippen LogP) is 4.62. The first-order valence-corrected chi connectivity index (χ1v) is 9.56. The molecule has 0 bridgehead atoms. The first-order valence-electron chi connectivity index (χ1n) is 9.56. The maximum absolute atomic E-state index is 13.4. The van der Waals surface area contributed by atoms with Crippen LogP contribution < -0.4 is 9.47 Å². The third kappa shape index (κ3) is 2.71. The quantitative estimate of drug-likeness (QED) is 0.616. The summed E-state index contributed by atoms with van der Waals surface area (Å²) in [5, 5.41) is 0. The molecule has 4 nitrogen and oxygen atoms in total. The highest BCUT2D eigenvalue weighted by Crippen LogP contribution is 2.50. The summed E-state index contributed by atoms with van der Waals surface area (Å²) in [5.41, 5.74) is 4.01. The normalized spacial score (nSPS) is 18.9. The van der Waals surface area contributed by atoms with E-state index in [1.807, 2.05) is 72.8 Å². The van der Waals surface area contributed by atoms with E-state index in [-0.39, 0.29) is 12.8 Å². The average Bonchev–Trinajstić information content (AvgIpc) is 3.37. The van der Waals surface area contributed by atoms with Crippen molar-refractivity contribution in [1.29, 1.82) is 0 Å². The highest BCUT2D eigenvalue weighted by Gasteiger charge is 2.49. The Kier molecular flexibility index (Phi) is 4.13. The van der Waals surface area contributed by atoms with E-state index in [2.05, 4.69) is 6.08 Å². The van der Waals surface area contributed by atoms with Gasteiger partial charge in [-0.2, -0.15) is 0 Å². The van der Waals surface area contributed by atoms with E-state index in [9.17, 15) is 4.79 Å². The van der Waals surface area contributed by atoms with Gasteiger partial charge in [0.15, 0.2) is 11.5 Å². The van der Waals surface area contributed by atoms with Crippen LogP contribution >= 0.6 is 0 Å². The lowest BCUT2D eigenvalue weighted by Gasteiger charge is -2.31. The lowest BCUT2D eigenvalue weighted by molar-refractivity contribution is -0.145. The van der Waals surface area contributed by atoms with Crippen molar-refractivity contribution < 1.29 is 19.0 Å². The van der Waals surface area contributed by atoms with Crippen molar-refractivity contribution in [2.75, 3.05) is 13.9 Å². The van der Waals surface area contributed by atoms with Crippen LogP contribution in [-0.4, -0.2) is 19.9 Å². The number of carbonyl (C=O) groups excluding carboxylic acids is 1. The molecular formula is C25H20O4. The van der Waals surface area contributed by atoms with Crippen LogP contribution in [0.2, 0.25) is 0 Å². The van der Waals surface area contributed by atoms with E-state index in [0.29, 0.717) is 12.2 Å². The van der Waals surface area contributed by atoms with Gasteiger partial charge in [-0.15, -0.1) is 0 Å². The molecule has 144 valence electrons. The molecule has 4 heteroatoms. The third-order valence-corrected chi connectivity index (χ3v) is 5.71. The highest BCUT2D eigenvalue weighted by atomic mass is 16.7. The minimum atomic E-state index is -0.930. The molecule has 0 saturated carbocycles. The largest absolute Gasteiger partial charge is 0.468 e. The Morgan fingerprint density at radius 1 is 0.966 bits per heavy atom. The van der Waals surface area contributed by atoms with Gasteiger partial charge in [0, 0.05) is 0 Å². The molecular weight excluding hydrogens is 364 g/mol. The number of ether oxygens (including phenoxy) is 3. The molecule has 5 rings (SSSR count). The first-order chi connectivity index (χ1) is 14.2. The van der Waals surface area contributed by atoms with E-state index in [1.165, 1.54) is 7.11 Å². The van der Waals surface area contributed by atoms with Crippen molar-refractivity contribution in [2.24, 2.45) is 0 Å². The Bertz CT molecular complexity index is 1120. The van der Waals surface area contributed by atoms with E-state index in [4.69, 9.17) is 14.2 Å². The van der Waals surface area contributed by atoms with Crippen LogP contribution in [0, 0.1) is 0 Å². The summed E-state index contributed by atoms with van der Waals surface area (Å²) in [5.74, 6) is 1.17. The highest BCUT2D eigenvalue weighted by molar-refractivity contribution is 6.09. The minimum Gasteiger partial charge on any atom is -0.468 e. The maximum Gasteiger partial charge on any atom is 0.321 e. The van der Waals surface area contributed by atoms with Crippen LogP contribution in [0.1, 0.15) is 22.3 Å².